The number of likely N-dealkylation sites (tertiary alicyclic amines) is 1. The Morgan fingerprint density at radius 3 is 2.65 bits per heavy atom. The van der Waals surface area contributed by atoms with E-state index in [-0.39, 0.29) is 0 Å². The van der Waals surface area contributed by atoms with Crippen molar-refractivity contribution in [3.05, 3.63) is 29.8 Å². The Bertz CT molecular complexity index is 405. The Labute approximate surface area is 122 Å². The number of benzene rings is 1. The van der Waals surface area contributed by atoms with E-state index < -0.39 is 6.10 Å². The van der Waals surface area contributed by atoms with Gasteiger partial charge in [-0.1, -0.05) is 12.1 Å². The van der Waals surface area contributed by atoms with Crippen molar-refractivity contribution in [2.24, 2.45) is 0 Å². The van der Waals surface area contributed by atoms with Gasteiger partial charge < -0.3 is 14.7 Å². The number of rotatable bonds is 6. The highest BCUT2D eigenvalue weighted by molar-refractivity contribution is 5.28. The van der Waals surface area contributed by atoms with E-state index in [0.29, 0.717) is 12.6 Å². The average molecular weight is 278 g/mol. The Kier molecular flexibility index (Phi) is 5.40. The van der Waals surface area contributed by atoms with Crippen molar-refractivity contribution in [3.8, 4) is 5.75 Å². The Hall–Kier alpha value is -1.10. The van der Waals surface area contributed by atoms with Crippen molar-refractivity contribution >= 4 is 0 Å². The third-order valence-corrected chi connectivity index (χ3v) is 3.98. The van der Waals surface area contributed by atoms with E-state index >= 15 is 0 Å². The van der Waals surface area contributed by atoms with E-state index in [1.807, 2.05) is 24.3 Å². The van der Waals surface area contributed by atoms with Gasteiger partial charge in [0.15, 0.2) is 0 Å². The molecule has 0 aliphatic carbocycles. The van der Waals surface area contributed by atoms with Crippen molar-refractivity contribution in [1.29, 1.82) is 0 Å². The van der Waals surface area contributed by atoms with Crippen LogP contribution in [0.1, 0.15) is 24.5 Å². The van der Waals surface area contributed by atoms with Crippen LogP contribution in [0.3, 0.4) is 0 Å². The molecular formula is C16H26N2O2. The van der Waals surface area contributed by atoms with Crippen LogP contribution in [0.5, 0.6) is 5.75 Å². The number of likely N-dealkylation sites (N-methyl/N-ethyl adjacent to an activating group) is 1. The zero-order valence-corrected chi connectivity index (χ0v) is 12.7. The number of hydrogen-bond acceptors (Lipinski definition) is 4. The van der Waals surface area contributed by atoms with E-state index in [4.69, 9.17) is 4.74 Å². The van der Waals surface area contributed by atoms with Gasteiger partial charge in [0.1, 0.15) is 5.75 Å². The van der Waals surface area contributed by atoms with Crippen molar-refractivity contribution in [1.82, 2.24) is 9.80 Å². The van der Waals surface area contributed by atoms with Gasteiger partial charge in [0, 0.05) is 19.1 Å². The van der Waals surface area contributed by atoms with E-state index in [1.54, 1.807) is 7.11 Å². The van der Waals surface area contributed by atoms with E-state index in [1.165, 1.54) is 12.8 Å². The van der Waals surface area contributed by atoms with Crippen LogP contribution in [0.4, 0.5) is 0 Å². The highest BCUT2D eigenvalue weighted by Gasteiger charge is 2.26. The quantitative estimate of drug-likeness (QED) is 0.860. The highest BCUT2D eigenvalue weighted by Crippen LogP contribution is 2.23. The smallest absolute Gasteiger partial charge is 0.118 e. The fourth-order valence-corrected chi connectivity index (χ4v) is 2.92. The molecule has 0 amide bonds. The van der Waals surface area contributed by atoms with Crippen molar-refractivity contribution < 1.29 is 9.84 Å². The molecule has 20 heavy (non-hydrogen) atoms. The summed E-state index contributed by atoms with van der Waals surface area (Å²) >= 11 is 0. The van der Waals surface area contributed by atoms with Gasteiger partial charge in [-0.25, -0.2) is 0 Å². The van der Waals surface area contributed by atoms with Crippen LogP contribution in [-0.4, -0.2) is 61.8 Å². The lowest BCUT2D eigenvalue weighted by Gasteiger charge is -2.29. The molecule has 2 atom stereocenters. The molecule has 0 spiro atoms. The lowest BCUT2D eigenvalue weighted by molar-refractivity contribution is 0.0980. The SMILES string of the molecule is COc1ccc(C(O)CN2CCCC2CN(C)C)cc1. The number of ether oxygens (including phenoxy) is 1. The van der Waals surface area contributed by atoms with Gasteiger partial charge >= 0.3 is 0 Å². The summed E-state index contributed by atoms with van der Waals surface area (Å²) in [7, 11) is 5.87. The summed E-state index contributed by atoms with van der Waals surface area (Å²) in [5.74, 6) is 0.826. The molecule has 0 aromatic heterocycles. The second-order valence-electron chi connectivity index (χ2n) is 5.84. The normalized spacial score (nSPS) is 21.4. The third-order valence-electron chi connectivity index (χ3n) is 3.98. The number of methoxy groups -OCH3 is 1. The molecule has 1 aliphatic heterocycles. The zero-order valence-electron chi connectivity index (χ0n) is 12.7. The fraction of sp³-hybridized carbons (Fsp3) is 0.625. The van der Waals surface area contributed by atoms with Gasteiger partial charge in [-0.2, -0.15) is 0 Å². The standard InChI is InChI=1S/C16H26N2O2/c1-17(2)11-14-5-4-10-18(14)12-16(19)13-6-8-15(20-3)9-7-13/h6-9,14,16,19H,4-5,10-12H2,1-3H3. The highest BCUT2D eigenvalue weighted by atomic mass is 16.5. The molecule has 1 fully saturated rings. The first-order valence-corrected chi connectivity index (χ1v) is 7.31. The third kappa shape index (κ3) is 3.95. The monoisotopic (exact) mass is 278 g/mol. The van der Waals surface area contributed by atoms with E-state index in [2.05, 4.69) is 23.9 Å². The summed E-state index contributed by atoms with van der Waals surface area (Å²) in [4.78, 5) is 4.64. The van der Waals surface area contributed by atoms with Crippen LogP contribution < -0.4 is 4.74 Å². The predicted octanol–water partition coefficient (Wildman–Crippen LogP) is 1.75. The largest absolute Gasteiger partial charge is 0.497 e. The lowest BCUT2D eigenvalue weighted by atomic mass is 10.1. The summed E-state index contributed by atoms with van der Waals surface area (Å²) in [5.41, 5.74) is 0.960. The first kappa shape index (κ1) is 15.3. The number of nitrogens with zero attached hydrogens (tertiary/aromatic N) is 2. The van der Waals surface area contributed by atoms with Gasteiger partial charge in [-0.3, -0.25) is 4.90 Å². The fourth-order valence-electron chi connectivity index (χ4n) is 2.92. The van der Waals surface area contributed by atoms with Gasteiger partial charge in [0.25, 0.3) is 0 Å². The number of hydrogen-bond donors (Lipinski definition) is 1. The summed E-state index contributed by atoms with van der Waals surface area (Å²) in [6.07, 6.45) is 2.03. The summed E-state index contributed by atoms with van der Waals surface area (Å²) in [6, 6.07) is 8.26. The van der Waals surface area contributed by atoms with Crippen LogP contribution in [0, 0.1) is 0 Å². The van der Waals surface area contributed by atoms with Crippen LogP contribution in [0.15, 0.2) is 24.3 Å². The molecule has 0 radical (unpaired) electrons. The minimum Gasteiger partial charge on any atom is -0.497 e. The van der Waals surface area contributed by atoms with E-state index in [9.17, 15) is 5.11 Å². The molecule has 1 aromatic rings. The molecule has 1 aliphatic rings. The summed E-state index contributed by atoms with van der Waals surface area (Å²) < 4.78 is 5.15. The molecule has 112 valence electrons. The Morgan fingerprint density at radius 1 is 1.35 bits per heavy atom. The van der Waals surface area contributed by atoms with Gasteiger partial charge in [-0.05, 0) is 51.2 Å². The van der Waals surface area contributed by atoms with Crippen LogP contribution in [0.2, 0.25) is 0 Å². The second kappa shape index (κ2) is 7.07. The maximum absolute atomic E-state index is 10.4. The summed E-state index contributed by atoms with van der Waals surface area (Å²) in [6.45, 7) is 2.87. The average Bonchev–Trinajstić information content (AvgIpc) is 2.85. The van der Waals surface area contributed by atoms with Gasteiger partial charge in [-0.15, -0.1) is 0 Å². The lowest BCUT2D eigenvalue weighted by Crippen LogP contribution is -2.39. The molecule has 1 saturated heterocycles. The van der Waals surface area contributed by atoms with Crippen LogP contribution >= 0.6 is 0 Å². The molecule has 1 aromatic carbocycles. The molecule has 4 nitrogen and oxygen atoms in total. The topological polar surface area (TPSA) is 35.9 Å². The van der Waals surface area contributed by atoms with Gasteiger partial charge in [0.2, 0.25) is 0 Å². The Morgan fingerprint density at radius 2 is 2.05 bits per heavy atom. The first-order valence-electron chi connectivity index (χ1n) is 7.31. The second-order valence-corrected chi connectivity index (χ2v) is 5.84. The summed E-state index contributed by atoms with van der Waals surface area (Å²) in [5, 5.41) is 10.4. The molecule has 1 N–H and O–H groups in total. The molecular weight excluding hydrogens is 252 g/mol. The maximum Gasteiger partial charge on any atom is 0.118 e. The minimum absolute atomic E-state index is 0.427. The number of aliphatic hydroxyl groups excluding tert-OH is 1. The van der Waals surface area contributed by atoms with E-state index in [0.717, 1.165) is 24.4 Å². The molecule has 0 bridgehead atoms. The molecule has 2 rings (SSSR count). The predicted molar refractivity (Wildman–Crippen MR) is 81.1 cm³/mol. The van der Waals surface area contributed by atoms with Crippen molar-refractivity contribution in [2.45, 2.75) is 25.0 Å². The first-order chi connectivity index (χ1) is 9.60. The van der Waals surface area contributed by atoms with Crippen molar-refractivity contribution in [2.75, 3.05) is 40.8 Å². The number of β-amino-alcohol motifs (C(OH)–C–C–N with tert-alkyl or cyclic N) is 1. The maximum atomic E-state index is 10.4. The zero-order chi connectivity index (χ0) is 14.5. The Balaban J connectivity index is 1.93. The van der Waals surface area contributed by atoms with Gasteiger partial charge in [0.05, 0.1) is 13.2 Å². The van der Waals surface area contributed by atoms with Crippen molar-refractivity contribution in [3.63, 3.8) is 0 Å². The molecule has 2 unspecified atom stereocenters. The molecule has 4 heteroatoms. The molecule has 1 heterocycles. The van der Waals surface area contributed by atoms with Crippen LogP contribution in [0.25, 0.3) is 0 Å². The molecule has 0 saturated carbocycles. The van der Waals surface area contributed by atoms with Crippen LogP contribution in [-0.2, 0) is 0 Å². The minimum atomic E-state index is -0.427. The number of aliphatic hydroxyl groups is 1.